The van der Waals surface area contributed by atoms with Gasteiger partial charge in [-0.15, -0.1) is 0 Å². The Labute approximate surface area is 167 Å². The van der Waals surface area contributed by atoms with Crippen LogP contribution in [0.15, 0.2) is 64.5 Å². The summed E-state index contributed by atoms with van der Waals surface area (Å²) in [5.74, 6) is 0.524. The highest BCUT2D eigenvalue weighted by molar-refractivity contribution is 7.89. The zero-order valence-electron chi connectivity index (χ0n) is 16.7. The number of fused-ring (bicyclic) bond motifs is 1. The number of aliphatic imine (C=N–C) groups is 1. The smallest absolute Gasteiger partial charge is 0.266 e. The fourth-order valence-electron chi connectivity index (χ4n) is 4.47. The van der Waals surface area contributed by atoms with Crippen LogP contribution in [-0.4, -0.2) is 43.7 Å². The Morgan fingerprint density at radius 2 is 1.71 bits per heavy atom. The second kappa shape index (κ2) is 6.92. The Bertz CT molecular complexity index is 984. The van der Waals surface area contributed by atoms with Gasteiger partial charge in [-0.2, -0.15) is 0 Å². The quantitative estimate of drug-likeness (QED) is 0.792. The topological polar surface area (TPSA) is 53.0 Å². The van der Waals surface area contributed by atoms with Crippen molar-refractivity contribution in [3.05, 3.63) is 65.7 Å². The van der Waals surface area contributed by atoms with Gasteiger partial charge in [0.05, 0.1) is 10.9 Å². The molecule has 1 aliphatic heterocycles. The standard InChI is InChI=1S/C22H27N3O2S/c1-17-12-14-19(15-13-17)28(26,27)25-20-11-7-8-16-22(20,23-21(25)24(2)3)18-9-5-4-6-10-18/h4-6,9-10,12-15,20H,7-8,11,16H2,1-3H3. The van der Waals surface area contributed by atoms with E-state index in [4.69, 9.17) is 4.99 Å². The third-order valence-corrected chi connectivity index (χ3v) is 7.67. The number of nitrogens with zero attached hydrogens (tertiary/aromatic N) is 3. The van der Waals surface area contributed by atoms with Crippen LogP contribution < -0.4 is 0 Å². The molecular formula is C22H27N3O2S. The van der Waals surface area contributed by atoms with E-state index >= 15 is 0 Å². The molecule has 6 heteroatoms. The average molecular weight is 398 g/mol. The van der Waals surface area contributed by atoms with E-state index in [9.17, 15) is 8.42 Å². The van der Waals surface area contributed by atoms with Gasteiger partial charge in [0.15, 0.2) is 0 Å². The largest absolute Gasteiger partial charge is 0.348 e. The normalized spacial score (nSPS) is 24.6. The van der Waals surface area contributed by atoms with Crippen LogP contribution in [0.1, 0.15) is 36.8 Å². The van der Waals surface area contributed by atoms with Crippen LogP contribution in [0, 0.1) is 6.92 Å². The van der Waals surface area contributed by atoms with Crippen LogP contribution in [0.2, 0.25) is 0 Å². The number of aryl methyl sites for hydroxylation is 1. The van der Waals surface area contributed by atoms with Crippen LogP contribution in [-0.2, 0) is 15.6 Å². The van der Waals surface area contributed by atoms with Crippen LogP contribution in [0.4, 0.5) is 0 Å². The molecular weight excluding hydrogens is 370 g/mol. The third kappa shape index (κ3) is 2.91. The van der Waals surface area contributed by atoms with Crippen molar-refractivity contribution in [2.75, 3.05) is 14.1 Å². The molecule has 1 aliphatic carbocycles. The minimum atomic E-state index is -3.71. The molecule has 1 saturated carbocycles. The lowest BCUT2D eigenvalue weighted by Gasteiger charge is -2.40. The molecule has 2 unspecified atom stereocenters. The average Bonchev–Trinajstić information content (AvgIpc) is 3.07. The highest BCUT2D eigenvalue weighted by Crippen LogP contribution is 2.49. The Morgan fingerprint density at radius 1 is 1.04 bits per heavy atom. The van der Waals surface area contributed by atoms with E-state index < -0.39 is 15.6 Å². The lowest BCUT2D eigenvalue weighted by Crippen LogP contribution is -2.51. The van der Waals surface area contributed by atoms with Gasteiger partial charge in [0.2, 0.25) is 5.96 Å². The van der Waals surface area contributed by atoms with Gasteiger partial charge >= 0.3 is 0 Å². The molecule has 2 aromatic rings. The van der Waals surface area contributed by atoms with Gasteiger partial charge in [0, 0.05) is 14.1 Å². The molecule has 2 aliphatic rings. The summed E-state index contributed by atoms with van der Waals surface area (Å²) in [6, 6.07) is 17.1. The summed E-state index contributed by atoms with van der Waals surface area (Å²) in [7, 11) is 0.0299. The molecule has 1 fully saturated rings. The summed E-state index contributed by atoms with van der Waals surface area (Å²) in [4.78, 5) is 7.24. The zero-order chi connectivity index (χ0) is 19.9. The fraction of sp³-hybridized carbons (Fsp3) is 0.409. The second-order valence-corrected chi connectivity index (χ2v) is 9.79. The molecule has 1 heterocycles. The van der Waals surface area contributed by atoms with E-state index in [1.54, 1.807) is 16.4 Å². The first-order valence-corrected chi connectivity index (χ1v) is 11.2. The predicted octanol–water partition coefficient (Wildman–Crippen LogP) is 3.76. The summed E-state index contributed by atoms with van der Waals surface area (Å²) < 4.78 is 29.0. The Balaban J connectivity index is 1.88. The van der Waals surface area contributed by atoms with Gasteiger partial charge < -0.3 is 4.90 Å². The van der Waals surface area contributed by atoms with Crippen LogP contribution >= 0.6 is 0 Å². The second-order valence-electron chi connectivity index (χ2n) is 7.97. The zero-order valence-corrected chi connectivity index (χ0v) is 17.5. The number of guanidine groups is 1. The van der Waals surface area contributed by atoms with Crippen LogP contribution in [0.3, 0.4) is 0 Å². The van der Waals surface area contributed by atoms with Crippen molar-refractivity contribution in [3.8, 4) is 0 Å². The molecule has 2 aromatic carbocycles. The predicted molar refractivity (Wildman–Crippen MR) is 112 cm³/mol. The molecule has 0 spiro atoms. The molecule has 2 atom stereocenters. The van der Waals surface area contributed by atoms with Crippen molar-refractivity contribution >= 4 is 16.0 Å². The van der Waals surface area contributed by atoms with Gasteiger partial charge in [-0.25, -0.2) is 17.7 Å². The van der Waals surface area contributed by atoms with Gasteiger partial charge in [0.25, 0.3) is 10.0 Å². The van der Waals surface area contributed by atoms with Crippen molar-refractivity contribution < 1.29 is 8.42 Å². The number of hydrogen-bond donors (Lipinski definition) is 0. The maximum absolute atomic E-state index is 13.7. The maximum Gasteiger partial charge on any atom is 0.266 e. The van der Waals surface area contributed by atoms with Crippen molar-refractivity contribution in [3.63, 3.8) is 0 Å². The summed E-state index contributed by atoms with van der Waals surface area (Å²) in [6.45, 7) is 1.96. The molecule has 0 radical (unpaired) electrons. The van der Waals surface area contributed by atoms with E-state index in [0.717, 1.165) is 36.8 Å². The van der Waals surface area contributed by atoms with Gasteiger partial charge in [-0.1, -0.05) is 60.9 Å². The summed E-state index contributed by atoms with van der Waals surface area (Å²) in [5.41, 5.74) is 1.62. The lowest BCUT2D eigenvalue weighted by atomic mass is 9.74. The fourth-order valence-corrected chi connectivity index (χ4v) is 6.21. The highest BCUT2D eigenvalue weighted by atomic mass is 32.2. The van der Waals surface area contributed by atoms with Crippen molar-refractivity contribution in [2.45, 2.75) is 49.1 Å². The summed E-state index contributed by atoms with van der Waals surface area (Å²) >= 11 is 0. The third-order valence-electron chi connectivity index (χ3n) is 5.87. The van der Waals surface area contributed by atoms with E-state index in [-0.39, 0.29) is 6.04 Å². The first-order chi connectivity index (χ1) is 13.4. The first-order valence-electron chi connectivity index (χ1n) is 9.80. The van der Waals surface area contributed by atoms with Gasteiger partial charge in [-0.3, -0.25) is 0 Å². The molecule has 4 rings (SSSR count). The Morgan fingerprint density at radius 3 is 2.36 bits per heavy atom. The molecule has 0 aromatic heterocycles. The molecule has 28 heavy (non-hydrogen) atoms. The Kier molecular flexibility index (Phi) is 4.70. The number of benzene rings is 2. The maximum atomic E-state index is 13.7. The number of rotatable bonds is 3. The molecule has 0 saturated heterocycles. The van der Waals surface area contributed by atoms with E-state index in [0.29, 0.717) is 10.9 Å². The van der Waals surface area contributed by atoms with Gasteiger partial charge in [0.1, 0.15) is 5.54 Å². The minimum absolute atomic E-state index is 0.202. The SMILES string of the molecule is Cc1ccc(S(=O)(=O)N2C(N(C)C)=NC3(c4ccccc4)CCCCC23)cc1. The molecule has 148 valence electrons. The summed E-state index contributed by atoms with van der Waals surface area (Å²) in [6.07, 6.45) is 3.73. The van der Waals surface area contributed by atoms with Crippen molar-refractivity contribution in [2.24, 2.45) is 4.99 Å². The lowest BCUT2D eigenvalue weighted by molar-refractivity contribution is 0.213. The van der Waals surface area contributed by atoms with Crippen molar-refractivity contribution in [1.82, 2.24) is 9.21 Å². The van der Waals surface area contributed by atoms with E-state index in [1.807, 2.05) is 56.3 Å². The Hall–Kier alpha value is -2.34. The van der Waals surface area contributed by atoms with E-state index in [1.165, 1.54) is 0 Å². The molecule has 5 nitrogen and oxygen atoms in total. The highest BCUT2D eigenvalue weighted by Gasteiger charge is 2.55. The summed E-state index contributed by atoms with van der Waals surface area (Å²) in [5, 5.41) is 0. The number of sulfonamides is 1. The monoisotopic (exact) mass is 397 g/mol. The molecule has 0 bridgehead atoms. The number of hydrogen-bond acceptors (Lipinski definition) is 4. The van der Waals surface area contributed by atoms with Crippen LogP contribution in [0.25, 0.3) is 0 Å². The van der Waals surface area contributed by atoms with Crippen LogP contribution in [0.5, 0.6) is 0 Å². The minimum Gasteiger partial charge on any atom is -0.348 e. The van der Waals surface area contributed by atoms with Gasteiger partial charge in [-0.05, 0) is 37.5 Å². The first kappa shape index (κ1) is 19.0. The molecule has 0 amide bonds. The van der Waals surface area contributed by atoms with Crippen molar-refractivity contribution in [1.29, 1.82) is 0 Å². The molecule has 0 N–H and O–H groups in total. The van der Waals surface area contributed by atoms with E-state index in [2.05, 4.69) is 12.1 Å².